The van der Waals surface area contributed by atoms with E-state index in [4.69, 9.17) is 0 Å². The molecule has 3 aromatic rings. The van der Waals surface area contributed by atoms with E-state index in [-0.39, 0.29) is 17.8 Å². The lowest BCUT2D eigenvalue weighted by molar-refractivity contribution is 0.0940. The fourth-order valence-electron chi connectivity index (χ4n) is 2.29. The Bertz CT molecular complexity index is 841. The van der Waals surface area contributed by atoms with Crippen LogP contribution < -0.4 is 5.32 Å². The molecule has 0 radical (unpaired) electrons. The average Bonchev–Trinajstić information content (AvgIpc) is 2.99. The van der Waals surface area contributed by atoms with E-state index in [1.165, 1.54) is 18.3 Å². The summed E-state index contributed by atoms with van der Waals surface area (Å²) in [6.07, 6.45) is 3.97. The third-order valence-corrected chi connectivity index (χ3v) is 3.78. The zero-order chi connectivity index (χ0) is 16.4. The molecule has 23 heavy (non-hydrogen) atoms. The minimum absolute atomic E-state index is 0.0812. The summed E-state index contributed by atoms with van der Waals surface area (Å²) in [5, 5.41) is 7.18. The van der Waals surface area contributed by atoms with Gasteiger partial charge >= 0.3 is 0 Å². The molecule has 0 unspecified atom stereocenters. The summed E-state index contributed by atoms with van der Waals surface area (Å²) < 4.78 is 14.7. The Kier molecular flexibility index (Phi) is 4.06. The van der Waals surface area contributed by atoms with Crippen LogP contribution in [0.5, 0.6) is 0 Å². The maximum Gasteiger partial charge on any atom is 0.256 e. The van der Waals surface area contributed by atoms with Gasteiger partial charge in [-0.3, -0.25) is 4.79 Å². The Balaban J connectivity index is 2.04. The van der Waals surface area contributed by atoms with Gasteiger partial charge in [0.25, 0.3) is 5.91 Å². The highest BCUT2D eigenvalue weighted by Crippen LogP contribution is 2.21. The van der Waals surface area contributed by atoms with E-state index in [0.29, 0.717) is 11.2 Å². The molecule has 0 aliphatic carbocycles. The second-order valence-electron chi connectivity index (χ2n) is 5.41. The molecule has 1 amide bonds. The van der Waals surface area contributed by atoms with Gasteiger partial charge in [0.1, 0.15) is 11.4 Å². The van der Waals surface area contributed by atoms with Crippen LogP contribution in [0.3, 0.4) is 0 Å². The molecule has 2 heterocycles. The van der Waals surface area contributed by atoms with Crippen molar-refractivity contribution < 1.29 is 9.18 Å². The van der Waals surface area contributed by atoms with Crippen molar-refractivity contribution in [2.24, 2.45) is 0 Å². The molecule has 1 atom stereocenters. The highest BCUT2D eigenvalue weighted by atomic mass is 19.1. The van der Waals surface area contributed by atoms with Gasteiger partial charge in [0.15, 0.2) is 5.65 Å². The van der Waals surface area contributed by atoms with Crippen molar-refractivity contribution in [3.05, 3.63) is 54.1 Å². The van der Waals surface area contributed by atoms with Gasteiger partial charge in [0.05, 0.1) is 11.9 Å². The van der Waals surface area contributed by atoms with Crippen molar-refractivity contribution in [1.29, 1.82) is 0 Å². The summed E-state index contributed by atoms with van der Waals surface area (Å²) in [5.41, 5.74) is 2.45. The normalized spacial score (nSPS) is 12.3. The molecule has 0 aliphatic heterocycles. The number of nitrogens with one attached hydrogen (secondary N) is 1. The molecule has 3 rings (SSSR count). The largest absolute Gasteiger partial charge is 0.349 e. The van der Waals surface area contributed by atoms with Gasteiger partial charge in [0, 0.05) is 17.8 Å². The summed E-state index contributed by atoms with van der Waals surface area (Å²) in [4.78, 5) is 16.6. The van der Waals surface area contributed by atoms with E-state index >= 15 is 0 Å². The Morgan fingerprint density at radius 1 is 1.30 bits per heavy atom. The summed E-state index contributed by atoms with van der Waals surface area (Å²) >= 11 is 0. The van der Waals surface area contributed by atoms with E-state index in [1.807, 2.05) is 13.8 Å². The molecule has 0 saturated carbocycles. The topological polar surface area (TPSA) is 59.3 Å². The summed E-state index contributed by atoms with van der Waals surface area (Å²) in [6, 6.07) is 7.99. The highest BCUT2D eigenvalue weighted by Gasteiger charge is 2.17. The monoisotopic (exact) mass is 312 g/mol. The number of benzene rings is 1. The van der Waals surface area contributed by atoms with Crippen molar-refractivity contribution in [3.63, 3.8) is 0 Å². The third-order valence-electron chi connectivity index (χ3n) is 3.78. The van der Waals surface area contributed by atoms with Gasteiger partial charge in [-0.15, -0.1) is 0 Å². The van der Waals surface area contributed by atoms with Crippen LogP contribution in [0.25, 0.3) is 16.9 Å². The molecule has 1 N–H and O–H groups in total. The van der Waals surface area contributed by atoms with Crippen LogP contribution in [0, 0.1) is 5.82 Å². The first-order valence-electron chi connectivity index (χ1n) is 7.49. The van der Waals surface area contributed by atoms with E-state index < -0.39 is 0 Å². The van der Waals surface area contributed by atoms with Gasteiger partial charge in [-0.25, -0.2) is 13.9 Å². The minimum atomic E-state index is -0.298. The summed E-state index contributed by atoms with van der Waals surface area (Å²) in [7, 11) is 0. The number of rotatable bonds is 4. The standard InChI is InChI=1S/C17H17FN4O/c1-3-11(2)21-17(23)14-10-20-22-15(8-9-19-16(14)22)12-4-6-13(18)7-5-12/h4-11H,3H2,1-2H3,(H,21,23)/t11-/m1/s1. The second-order valence-corrected chi connectivity index (χ2v) is 5.41. The second kappa shape index (κ2) is 6.16. The van der Waals surface area contributed by atoms with Crippen LogP contribution in [0.1, 0.15) is 30.6 Å². The van der Waals surface area contributed by atoms with Gasteiger partial charge in [-0.2, -0.15) is 5.10 Å². The van der Waals surface area contributed by atoms with Gasteiger partial charge in [-0.1, -0.05) is 6.92 Å². The molecule has 0 saturated heterocycles. The number of hydrogen-bond acceptors (Lipinski definition) is 3. The van der Waals surface area contributed by atoms with Crippen LogP contribution in [0.15, 0.2) is 42.7 Å². The maximum absolute atomic E-state index is 13.1. The minimum Gasteiger partial charge on any atom is -0.349 e. The quantitative estimate of drug-likeness (QED) is 0.805. The number of amides is 1. The van der Waals surface area contributed by atoms with Crippen molar-refractivity contribution in [1.82, 2.24) is 19.9 Å². The Hall–Kier alpha value is -2.76. The number of carbonyl (C=O) groups is 1. The van der Waals surface area contributed by atoms with Crippen LogP contribution in [0.2, 0.25) is 0 Å². The lowest BCUT2D eigenvalue weighted by atomic mass is 10.1. The molecule has 6 heteroatoms. The van der Waals surface area contributed by atoms with Crippen molar-refractivity contribution in [2.75, 3.05) is 0 Å². The Labute approximate surface area is 133 Å². The molecule has 1 aromatic carbocycles. The fourth-order valence-corrected chi connectivity index (χ4v) is 2.29. The van der Waals surface area contributed by atoms with E-state index in [2.05, 4.69) is 15.4 Å². The molecular formula is C17H17FN4O. The van der Waals surface area contributed by atoms with E-state index in [1.54, 1.807) is 28.9 Å². The smallest absolute Gasteiger partial charge is 0.256 e. The average molecular weight is 312 g/mol. The molecule has 0 spiro atoms. The first-order chi connectivity index (χ1) is 11.1. The Morgan fingerprint density at radius 2 is 2.04 bits per heavy atom. The number of fused-ring (bicyclic) bond motifs is 1. The number of carbonyl (C=O) groups excluding carboxylic acids is 1. The molecular weight excluding hydrogens is 295 g/mol. The molecule has 2 aromatic heterocycles. The molecule has 0 fully saturated rings. The van der Waals surface area contributed by atoms with E-state index in [9.17, 15) is 9.18 Å². The number of hydrogen-bond donors (Lipinski definition) is 1. The van der Waals surface area contributed by atoms with Crippen LogP contribution in [-0.2, 0) is 0 Å². The molecule has 118 valence electrons. The van der Waals surface area contributed by atoms with E-state index in [0.717, 1.165) is 17.7 Å². The number of halogens is 1. The summed E-state index contributed by atoms with van der Waals surface area (Å²) in [5.74, 6) is -0.494. The SMILES string of the molecule is CC[C@@H](C)NC(=O)c1cnn2c(-c3ccc(F)cc3)ccnc12. The van der Waals surface area contributed by atoms with Gasteiger partial charge in [0.2, 0.25) is 0 Å². The van der Waals surface area contributed by atoms with Crippen LogP contribution in [0.4, 0.5) is 4.39 Å². The zero-order valence-electron chi connectivity index (χ0n) is 13.0. The fraction of sp³-hybridized carbons (Fsp3) is 0.235. The Morgan fingerprint density at radius 3 is 2.74 bits per heavy atom. The first kappa shape index (κ1) is 15.1. The lowest BCUT2D eigenvalue weighted by Gasteiger charge is -2.10. The number of aromatic nitrogens is 3. The maximum atomic E-state index is 13.1. The molecule has 0 aliphatic rings. The predicted molar refractivity (Wildman–Crippen MR) is 85.6 cm³/mol. The zero-order valence-corrected chi connectivity index (χ0v) is 13.0. The van der Waals surface area contributed by atoms with Crippen LogP contribution >= 0.6 is 0 Å². The van der Waals surface area contributed by atoms with Crippen molar-refractivity contribution >= 4 is 11.6 Å². The van der Waals surface area contributed by atoms with Crippen molar-refractivity contribution in [2.45, 2.75) is 26.3 Å². The highest BCUT2D eigenvalue weighted by molar-refractivity contribution is 6.00. The summed E-state index contributed by atoms with van der Waals surface area (Å²) in [6.45, 7) is 3.95. The van der Waals surface area contributed by atoms with Crippen LogP contribution in [-0.4, -0.2) is 26.5 Å². The van der Waals surface area contributed by atoms with Gasteiger partial charge < -0.3 is 5.32 Å². The third kappa shape index (κ3) is 2.92. The lowest BCUT2D eigenvalue weighted by Crippen LogP contribution is -2.31. The number of nitrogens with zero attached hydrogens (tertiary/aromatic N) is 3. The first-order valence-corrected chi connectivity index (χ1v) is 7.49. The molecule has 5 nitrogen and oxygen atoms in total. The van der Waals surface area contributed by atoms with Crippen molar-refractivity contribution in [3.8, 4) is 11.3 Å². The predicted octanol–water partition coefficient (Wildman–Crippen LogP) is 3.06. The molecule has 0 bridgehead atoms. The van der Waals surface area contributed by atoms with Gasteiger partial charge in [-0.05, 0) is 43.7 Å².